The van der Waals surface area contributed by atoms with Crippen molar-refractivity contribution < 1.29 is 27.1 Å². The predicted molar refractivity (Wildman–Crippen MR) is 180 cm³/mol. The zero-order chi connectivity index (χ0) is 33.3. The minimum Gasteiger partial charge on any atom is -0.494 e. The molecule has 1 atom stereocenters. The third-order valence-electron chi connectivity index (χ3n) is 7.08. The van der Waals surface area contributed by atoms with Crippen LogP contribution in [0.25, 0.3) is 0 Å². The number of amides is 2. The summed E-state index contributed by atoms with van der Waals surface area (Å²) in [7, 11) is -4.25. The van der Waals surface area contributed by atoms with Crippen LogP contribution in [0.4, 0.5) is 10.1 Å². The Balaban J connectivity index is 1.80. The molecule has 242 valence electrons. The first-order valence-corrected chi connectivity index (χ1v) is 17.1. The van der Waals surface area contributed by atoms with E-state index in [4.69, 9.17) is 4.74 Å². The molecule has 46 heavy (non-hydrogen) atoms. The summed E-state index contributed by atoms with van der Waals surface area (Å²) in [6.45, 7) is 5.25. The summed E-state index contributed by atoms with van der Waals surface area (Å²) in [6.07, 6.45) is 0.175. The molecular weight excluding hydrogens is 673 g/mol. The number of benzene rings is 4. The van der Waals surface area contributed by atoms with Crippen LogP contribution in [0.1, 0.15) is 31.9 Å². The zero-order valence-corrected chi connectivity index (χ0v) is 28.3. The van der Waals surface area contributed by atoms with Gasteiger partial charge >= 0.3 is 0 Å². The SMILES string of the molecule is CCOc1ccc(N(CC(=O)N(Cc2ccc(F)cc2)C(Cc2ccccc2)C(=O)NC(C)C)S(=O)(=O)c2ccc(Br)cc2)cc1. The average Bonchev–Trinajstić information content (AvgIpc) is 3.03. The van der Waals surface area contributed by atoms with Crippen LogP contribution in [0.2, 0.25) is 0 Å². The second-order valence-corrected chi connectivity index (χ2v) is 13.7. The first-order valence-electron chi connectivity index (χ1n) is 14.9. The Hall–Kier alpha value is -4.22. The number of nitrogens with zero attached hydrogens (tertiary/aromatic N) is 2. The lowest BCUT2D eigenvalue weighted by atomic mass is 10.0. The number of halogens is 2. The van der Waals surface area contributed by atoms with Gasteiger partial charge in [-0.15, -0.1) is 0 Å². The fourth-order valence-corrected chi connectivity index (χ4v) is 6.54. The highest BCUT2D eigenvalue weighted by Crippen LogP contribution is 2.28. The normalized spacial score (nSPS) is 12.0. The highest BCUT2D eigenvalue weighted by molar-refractivity contribution is 9.10. The minimum atomic E-state index is -4.25. The number of hydrogen-bond donors (Lipinski definition) is 1. The molecule has 1 unspecified atom stereocenters. The summed E-state index contributed by atoms with van der Waals surface area (Å²) < 4.78 is 49.4. The first-order chi connectivity index (χ1) is 22.0. The third kappa shape index (κ3) is 9.17. The number of ether oxygens (including phenoxy) is 1. The van der Waals surface area contributed by atoms with Crippen molar-refractivity contribution in [1.29, 1.82) is 0 Å². The van der Waals surface area contributed by atoms with Gasteiger partial charge in [-0.3, -0.25) is 13.9 Å². The van der Waals surface area contributed by atoms with E-state index in [1.54, 1.807) is 48.5 Å². The molecule has 11 heteroatoms. The summed E-state index contributed by atoms with van der Waals surface area (Å²) in [5.41, 5.74) is 1.63. The topological polar surface area (TPSA) is 96.0 Å². The highest BCUT2D eigenvalue weighted by Gasteiger charge is 2.35. The number of carbonyl (C=O) groups is 2. The minimum absolute atomic E-state index is 0.0131. The molecule has 0 aliphatic rings. The number of nitrogens with one attached hydrogen (secondary N) is 1. The lowest BCUT2D eigenvalue weighted by Gasteiger charge is -2.34. The highest BCUT2D eigenvalue weighted by atomic mass is 79.9. The lowest BCUT2D eigenvalue weighted by Crippen LogP contribution is -2.54. The van der Waals surface area contributed by atoms with E-state index >= 15 is 0 Å². The van der Waals surface area contributed by atoms with Gasteiger partial charge in [0.05, 0.1) is 17.2 Å². The molecule has 8 nitrogen and oxygen atoms in total. The molecule has 0 saturated heterocycles. The van der Waals surface area contributed by atoms with Crippen molar-refractivity contribution in [2.45, 2.75) is 50.7 Å². The molecule has 0 spiro atoms. The van der Waals surface area contributed by atoms with Gasteiger partial charge in [0.25, 0.3) is 10.0 Å². The Kier molecular flexibility index (Phi) is 11.9. The Morgan fingerprint density at radius 3 is 2.09 bits per heavy atom. The van der Waals surface area contributed by atoms with Gasteiger partial charge in [0.2, 0.25) is 11.8 Å². The summed E-state index contributed by atoms with van der Waals surface area (Å²) in [5.74, 6) is -0.900. The lowest BCUT2D eigenvalue weighted by molar-refractivity contribution is -0.140. The fraction of sp³-hybridized carbons (Fsp3) is 0.257. The van der Waals surface area contributed by atoms with E-state index in [1.807, 2.05) is 51.1 Å². The van der Waals surface area contributed by atoms with Crippen molar-refractivity contribution in [3.63, 3.8) is 0 Å². The van der Waals surface area contributed by atoms with Crippen molar-refractivity contribution >= 4 is 43.5 Å². The maximum atomic E-state index is 14.5. The monoisotopic (exact) mass is 709 g/mol. The molecule has 0 aliphatic heterocycles. The smallest absolute Gasteiger partial charge is 0.264 e. The maximum Gasteiger partial charge on any atom is 0.264 e. The molecule has 4 aromatic rings. The van der Waals surface area contributed by atoms with E-state index in [0.29, 0.717) is 22.4 Å². The summed E-state index contributed by atoms with van der Waals surface area (Å²) in [4.78, 5) is 29.6. The zero-order valence-electron chi connectivity index (χ0n) is 25.9. The van der Waals surface area contributed by atoms with E-state index in [9.17, 15) is 22.4 Å². The van der Waals surface area contributed by atoms with Crippen LogP contribution in [-0.4, -0.2) is 50.4 Å². The molecule has 0 radical (unpaired) electrons. The van der Waals surface area contributed by atoms with E-state index in [-0.39, 0.29) is 29.6 Å². The van der Waals surface area contributed by atoms with Crippen molar-refractivity contribution in [3.8, 4) is 5.75 Å². The first kappa shape index (κ1) is 34.6. The Morgan fingerprint density at radius 2 is 1.50 bits per heavy atom. The van der Waals surface area contributed by atoms with E-state index < -0.39 is 40.2 Å². The van der Waals surface area contributed by atoms with Gasteiger partial charge in [0, 0.05) is 23.5 Å². The molecule has 1 N–H and O–H groups in total. The van der Waals surface area contributed by atoms with Gasteiger partial charge in [0.1, 0.15) is 24.2 Å². The van der Waals surface area contributed by atoms with Crippen LogP contribution >= 0.6 is 15.9 Å². The van der Waals surface area contributed by atoms with Gasteiger partial charge in [-0.2, -0.15) is 0 Å². The van der Waals surface area contributed by atoms with Crippen molar-refractivity contribution in [2.75, 3.05) is 17.5 Å². The van der Waals surface area contributed by atoms with Crippen molar-refractivity contribution in [1.82, 2.24) is 10.2 Å². The number of hydrogen-bond acceptors (Lipinski definition) is 5. The summed E-state index contributed by atoms with van der Waals surface area (Å²) >= 11 is 3.34. The number of anilines is 1. The molecule has 4 aromatic carbocycles. The second kappa shape index (κ2) is 15.9. The predicted octanol–water partition coefficient (Wildman–Crippen LogP) is 6.35. The van der Waals surface area contributed by atoms with E-state index in [1.165, 1.54) is 29.2 Å². The van der Waals surface area contributed by atoms with Gasteiger partial charge in [-0.1, -0.05) is 58.4 Å². The molecule has 4 rings (SSSR count). The molecule has 0 saturated carbocycles. The average molecular weight is 711 g/mol. The van der Waals surface area contributed by atoms with Crippen LogP contribution < -0.4 is 14.4 Å². The van der Waals surface area contributed by atoms with Crippen LogP contribution in [0.15, 0.2) is 112 Å². The molecule has 0 heterocycles. The van der Waals surface area contributed by atoms with Crippen LogP contribution in [0.5, 0.6) is 5.75 Å². The second-order valence-electron chi connectivity index (χ2n) is 10.9. The van der Waals surface area contributed by atoms with Crippen molar-refractivity contribution in [3.05, 3.63) is 125 Å². The Bertz CT molecular complexity index is 1700. The van der Waals surface area contributed by atoms with Gasteiger partial charge < -0.3 is 15.0 Å². The van der Waals surface area contributed by atoms with Crippen LogP contribution in [0, 0.1) is 5.82 Å². The number of carbonyl (C=O) groups excluding carboxylic acids is 2. The molecule has 0 bridgehead atoms. The summed E-state index contributed by atoms with van der Waals surface area (Å²) in [6, 6.07) is 26.2. The molecule has 0 aromatic heterocycles. The quantitative estimate of drug-likeness (QED) is 0.165. The molecule has 0 fully saturated rings. The van der Waals surface area contributed by atoms with Crippen LogP contribution in [-0.2, 0) is 32.6 Å². The number of rotatable bonds is 14. The molecule has 2 amide bonds. The van der Waals surface area contributed by atoms with Gasteiger partial charge in [-0.25, -0.2) is 12.8 Å². The van der Waals surface area contributed by atoms with Crippen LogP contribution in [0.3, 0.4) is 0 Å². The van der Waals surface area contributed by atoms with Gasteiger partial charge in [0.15, 0.2) is 0 Å². The molecule has 0 aliphatic carbocycles. The van der Waals surface area contributed by atoms with E-state index in [0.717, 1.165) is 9.87 Å². The maximum absolute atomic E-state index is 14.5. The largest absolute Gasteiger partial charge is 0.494 e. The Labute approximate surface area is 278 Å². The van der Waals surface area contributed by atoms with E-state index in [2.05, 4.69) is 21.2 Å². The van der Waals surface area contributed by atoms with Gasteiger partial charge in [-0.05, 0) is 92.6 Å². The summed E-state index contributed by atoms with van der Waals surface area (Å²) in [5, 5.41) is 2.91. The standard InChI is InChI=1S/C35H37BrFN3O5S/c1-4-45-31-18-16-30(17-19-31)40(46(43,44)32-20-12-28(36)13-21-32)24-34(41)39(23-27-10-14-29(37)15-11-27)33(35(42)38-25(2)3)22-26-8-6-5-7-9-26/h5-21,25,33H,4,22-24H2,1-3H3,(H,38,42). The molecular formula is C35H37BrFN3O5S. The fourth-order valence-electron chi connectivity index (χ4n) is 4.86. The third-order valence-corrected chi connectivity index (χ3v) is 9.40. The van der Waals surface area contributed by atoms with Crippen molar-refractivity contribution in [2.24, 2.45) is 0 Å². The Morgan fingerprint density at radius 1 is 0.870 bits per heavy atom. The number of sulfonamides is 1.